The predicted molar refractivity (Wildman–Crippen MR) is 111 cm³/mol. The number of piperidine rings is 1. The maximum Gasteiger partial charge on any atom is 0.289 e. The van der Waals surface area contributed by atoms with E-state index in [0.717, 1.165) is 31.6 Å². The molecule has 2 heterocycles. The van der Waals surface area contributed by atoms with Crippen LogP contribution in [0.15, 0.2) is 47.1 Å². The highest BCUT2D eigenvalue weighted by molar-refractivity contribution is 5.91. The van der Waals surface area contributed by atoms with Crippen molar-refractivity contribution in [2.75, 3.05) is 26.2 Å². The van der Waals surface area contributed by atoms with Gasteiger partial charge in [0.2, 0.25) is 5.91 Å². The van der Waals surface area contributed by atoms with Gasteiger partial charge in [-0.3, -0.25) is 9.59 Å². The fraction of sp³-hybridized carbons (Fsp3) is 0.478. The fourth-order valence-corrected chi connectivity index (χ4v) is 3.46. The number of nitrogens with one attached hydrogen (secondary N) is 1. The highest BCUT2D eigenvalue weighted by Gasteiger charge is 2.28. The molecule has 1 aromatic heterocycles. The largest absolute Gasteiger partial charge is 0.494 e. The summed E-state index contributed by atoms with van der Waals surface area (Å²) in [6, 6.07) is 11.4. The van der Waals surface area contributed by atoms with Crippen LogP contribution in [0.3, 0.4) is 0 Å². The van der Waals surface area contributed by atoms with Crippen molar-refractivity contribution >= 4 is 11.8 Å². The van der Waals surface area contributed by atoms with Gasteiger partial charge in [0.25, 0.3) is 5.91 Å². The van der Waals surface area contributed by atoms with E-state index in [9.17, 15) is 9.59 Å². The zero-order chi connectivity index (χ0) is 20.5. The summed E-state index contributed by atoms with van der Waals surface area (Å²) in [6.45, 7) is 4.66. The Bertz CT molecular complexity index is 763. The lowest BCUT2D eigenvalue weighted by Gasteiger charge is -2.30. The summed E-state index contributed by atoms with van der Waals surface area (Å²) in [5, 5.41) is 3.04. The third-order valence-electron chi connectivity index (χ3n) is 5.29. The number of rotatable bonds is 9. The lowest BCUT2D eigenvalue weighted by molar-refractivity contribution is -0.126. The second-order valence-corrected chi connectivity index (χ2v) is 7.43. The summed E-state index contributed by atoms with van der Waals surface area (Å²) in [5.74, 6) is 1.19. The van der Waals surface area contributed by atoms with Crippen molar-refractivity contribution in [2.24, 2.45) is 5.92 Å². The van der Waals surface area contributed by atoms with Crippen LogP contribution in [0.5, 0.6) is 5.75 Å². The van der Waals surface area contributed by atoms with Crippen LogP contribution in [0.25, 0.3) is 0 Å². The van der Waals surface area contributed by atoms with E-state index in [-0.39, 0.29) is 17.7 Å². The molecule has 0 radical (unpaired) electrons. The minimum Gasteiger partial charge on any atom is -0.494 e. The van der Waals surface area contributed by atoms with Gasteiger partial charge in [-0.2, -0.15) is 0 Å². The van der Waals surface area contributed by atoms with E-state index in [1.54, 1.807) is 17.0 Å². The number of benzene rings is 1. The van der Waals surface area contributed by atoms with Gasteiger partial charge in [0, 0.05) is 25.6 Å². The van der Waals surface area contributed by atoms with Crippen LogP contribution in [0, 0.1) is 5.92 Å². The van der Waals surface area contributed by atoms with Crippen LogP contribution in [-0.2, 0) is 11.2 Å². The van der Waals surface area contributed by atoms with Gasteiger partial charge in [0.05, 0.1) is 12.9 Å². The Morgan fingerprint density at radius 2 is 1.93 bits per heavy atom. The quantitative estimate of drug-likeness (QED) is 0.654. The first-order valence-corrected chi connectivity index (χ1v) is 10.5. The molecular formula is C23H30N2O4. The molecule has 0 spiro atoms. The third-order valence-corrected chi connectivity index (χ3v) is 5.29. The van der Waals surface area contributed by atoms with Gasteiger partial charge in [-0.1, -0.05) is 25.5 Å². The zero-order valence-corrected chi connectivity index (χ0v) is 17.1. The molecule has 1 aromatic carbocycles. The minimum absolute atomic E-state index is 0.0370. The molecule has 29 heavy (non-hydrogen) atoms. The molecule has 0 unspecified atom stereocenters. The van der Waals surface area contributed by atoms with Crippen LogP contribution in [0.2, 0.25) is 0 Å². The smallest absolute Gasteiger partial charge is 0.289 e. The molecular weight excluding hydrogens is 368 g/mol. The molecule has 156 valence electrons. The summed E-state index contributed by atoms with van der Waals surface area (Å²) in [7, 11) is 0. The van der Waals surface area contributed by atoms with Gasteiger partial charge in [0.1, 0.15) is 5.75 Å². The van der Waals surface area contributed by atoms with E-state index in [2.05, 4.69) is 12.2 Å². The third kappa shape index (κ3) is 6.11. The lowest BCUT2D eigenvalue weighted by atomic mass is 9.95. The molecule has 1 saturated heterocycles. The van der Waals surface area contributed by atoms with Crippen molar-refractivity contribution in [3.8, 4) is 5.75 Å². The number of nitrogens with zero attached hydrogens (tertiary/aromatic N) is 1. The molecule has 1 fully saturated rings. The van der Waals surface area contributed by atoms with E-state index in [1.807, 2.05) is 24.3 Å². The van der Waals surface area contributed by atoms with Crippen LogP contribution in [0.4, 0.5) is 0 Å². The Kier molecular flexibility index (Phi) is 7.73. The molecule has 0 bridgehead atoms. The first-order chi connectivity index (χ1) is 14.2. The Morgan fingerprint density at radius 1 is 1.17 bits per heavy atom. The maximum absolute atomic E-state index is 12.4. The normalized spacial score (nSPS) is 14.6. The Morgan fingerprint density at radius 3 is 2.59 bits per heavy atom. The van der Waals surface area contributed by atoms with Crippen molar-refractivity contribution in [1.29, 1.82) is 0 Å². The summed E-state index contributed by atoms with van der Waals surface area (Å²) in [5.41, 5.74) is 1.17. The zero-order valence-electron chi connectivity index (χ0n) is 17.1. The number of hydrogen-bond acceptors (Lipinski definition) is 4. The van der Waals surface area contributed by atoms with E-state index < -0.39 is 0 Å². The number of amides is 2. The van der Waals surface area contributed by atoms with Crippen molar-refractivity contribution in [3.63, 3.8) is 0 Å². The predicted octanol–water partition coefficient (Wildman–Crippen LogP) is 3.67. The molecule has 6 heteroatoms. The molecule has 1 aliphatic heterocycles. The number of furan rings is 1. The molecule has 0 atom stereocenters. The molecule has 2 amide bonds. The summed E-state index contributed by atoms with van der Waals surface area (Å²) < 4.78 is 10.8. The van der Waals surface area contributed by atoms with E-state index >= 15 is 0 Å². The molecule has 1 N–H and O–H groups in total. The van der Waals surface area contributed by atoms with E-state index in [1.165, 1.54) is 11.8 Å². The lowest BCUT2D eigenvalue weighted by Crippen LogP contribution is -2.43. The summed E-state index contributed by atoms with van der Waals surface area (Å²) in [6.07, 6.45) is 5.84. The first kappa shape index (κ1) is 21.0. The molecule has 0 aliphatic carbocycles. The molecule has 0 saturated carbocycles. The van der Waals surface area contributed by atoms with Gasteiger partial charge in [-0.25, -0.2) is 0 Å². The van der Waals surface area contributed by atoms with E-state index in [4.69, 9.17) is 9.15 Å². The number of hydrogen-bond donors (Lipinski definition) is 1. The second kappa shape index (κ2) is 10.7. The molecule has 3 rings (SSSR count). The fourth-order valence-electron chi connectivity index (χ4n) is 3.46. The topological polar surface area (TPSA) is 71.8 Å². The standard InChI is InChI=1S/C23H30N2O4/c1-2-3-16-28-20-8-6-18(7-9-20)10-13-24-22(26)19-11-14-25(15-12-19)23(27)21-5-4-17-29-21/h4-9,17,19H,2-3,10-16H2,1H3,(H,24,26). The van der Waals surface area contributed by atoms with Crippen molar-refractivity contribution in [3.05, 3.63) is 54.0 Å². The van der Waals surface area contributed by atoms with Crippen molar-refractivity contribution < 1.29 is 18.7 Å². The van der Waals surface area contributed by atoms with Gasteiger partial charge < -0.3 is 19.4 Å². The molecule has 1 aliphatic rings. The second-order valence-electron chi connectivity index (χ2n) is 7.43. The number of carbonyl (C=O) groups excluding carboxylic acids is 2. The van der Waals surface area contributed by atoms with Crippen LogP contribution >= 0.6 is 0 Å². The number of ether oxygens (including phenoxy) is 1. The van der Waals surface area contributed by atoms with Gasteiger partial charge in [0.15, 0.2) is 5.76 Å². The van der Waals surface area contributed by atoms with E-state index in [0.29, 0.717) is 38.2 Å². The average molecular weight is 399 g/mol. The number of unbranched alkanes of at least 4 members (excludes halogenated alkanes) is 1. The monoisotopic (exact) mass is 398 g/mol. The van der Waals surface area contributed by atoms with Crippen LogP contribution in [-0.4, -0.2) is 43.0 Å². The average Bonchev–Trinajstić information content (AvgIpc) is 3.29. The Hall–Kier alpha value is -2.76. The Labute approximate surface area is 172 Å². The summed E-state index contributed by atoms with van der Waals surface area (Å²) >= 11 is 0. The minimum atomic E-state index is -0.101. The number of carbonyl (C=O) groups is 2. The van der Waals surface area contributed by atoms with Crippen molar-refractivity contribution in [1.82, 2.24) is 10.2 Å². The first-order valence-electron chi connectivity index (χ1n) is 10.5. The van der Waals surface area contributed by atoms with Gasteiger partial charge >= 0.3 is 0 Å². The Balaban J connectivity index is 1.35. The van der Waals surface area contributed by atoms with Gasteiger partial charge in [-0.05, 0) is 55.5 Å². The van der Waals surface area contributed by atoms with Crippen molar-refractivity contribution in [2.45, 2.75) is 39.0 Å². The maximum atomic E-state index is 12.4. The SMILES string of the molecule is CCCCOc1ccc(CCNC(=O)C2CCN(C(=O)c3ccco3)CC2)cc1. The van der Waals surface area contributed by atoms with Crippen LogP contribution < -0.4 is 10.1 Å². The molecule has 6 nitrogen and oxygen atoms in total. The highest BCUT2D eigenvalue weighted by Crippen LogP contribution is 2.19. The summed E-state index contributed by atoms with van der Waals surface area (Å²) in [4.78, 5) is 26.5. The molecule has 2 aromatic rings. The number of likely N-dealkylation sites (tertiary alicyclic amines) is 1. The van der Waals surface area contributed by atoms with Gasteiger partial charge in [-0.15, -0.1) is 0 Å². The highest BCUT2D eigenvalue weighted by atomic mass is 16.5. The van der Waals surface area contributed by atoms with Crippen LogP contribution in [0.1, 0.15) is 48.7 Å².